The van der Waals surface area contributed by atoms with Gasteiger partial charge in [0.05, 0.1) is 0 Å². The first-order valence-electron chi connectivity index (χ1n) is 7.49. The molecule has 0 saturated carbocycles. The molecule has 0 rings (SSSR count). The van der Waals surface area contributed by atoms with E-state index >= 15 is 0 Å². The number of hydrogen-bond donors (Lipinski definition) is 2. The lowest BCUT2D eigenvalue weighted by Gasteiger charge is -2.34. The van der Waals surface area contributed by atoms with E-state index in [0.717, 1.165) is 25.7 Å². The van der Waals surface area contributed by atoms with Crippen LogP contribution < -0.4 is 5.32 Å². The summed E-state index contributed by atoms with van der Waals surface area (Å²) in [4.78, 5) is 24.4. The van der Waals surface area contributed by atoms with E-state index in [1.165, 1.54) is 4.90 Å². The summed E-state index contributed by atoms with van der Waals surface area (Å²) in [6.45, 7) is 10.1. The Hall–Kier alpha value is -1.26. The van der Waals surface area contributed by atoms with Crippen molar-refractivity contribution < 1.29 is 14.7 Å². The highest BCUT2D eigenvalue weighted by atomic mass is 16.4. The van der Waals surface area contributed by atoms with Gasteiger partial charge in [-0.15, -0.1) is 0 Å². The number of carbonyl (C=O) groups excluding carboxylic acids is 1. The van der Waals surface area contributed by atoms with Gasteiger partial charge in [-0.05, 0) is 33.1 Å². The second-order valence-electron chi connectivity index (χ2n) is 6.25. The average molecular weight is 286 g/mol. The van der Waals surface area contributed by atoms with Gasteiger partial charge in [0.25, 0.3) is 0 Å². The minimum atomic E-state index is -0.993. The maximum absolute atomic E-state index is 12.2. The van der Waals surface area contributed by atoms with Gasteiger partial charge in [-0.3, -0.25) is 4.79 Å². The Morgan fingerprint density at radius 1 is 1.25 bits per heavy atom. The predicted octanol–water partition coefficient (Wildman–Crippen LogP) is 3.10. The Kier molecular flexibility index (Phi) is 8.26. The summed E-state index contributed by atoms with van der Waals surface area (Å²) in [5.74, 6) is -0.529. The van der Waals surface area contributed by atoms with Gasteiger partial charge in [-0.2, -0.15) is 0 Å². The molecule has 0 aliphatic rings. The van der Waals surface area contributed by atoms with Gasteiger partial charge in [0.2, 0.25) is 0 Å². The molecule has 20 heavy (non-hydrogen) atoms. The van der Waals surface area contributed by atoms with Crippen molar-refractivity contribution in [1.29, 1.82) is 0 Å². The summed E-state index contributed by atoms with van der Waals surface area (Å²) in [5.41, 5.74) is -0.506. The molecule has 0 radical (unpaired) electrons. The summed E-state index contributed by atoms with van der Waals surface area (Å²) >= 11 is 0. The lowest BCUT2D eigenvalue weighted by Crippen LogP contribution is -2.53. The standard InChI is InChI=1S/C15H30N2O3/c1-6-8-9-12(7-2)10-16-14(20)17(11-13(18)19)15(3,4)5/h12H,6-11H2,1-5H3,(H,16,20)(H,18,19). The van der Waals surface area contributed by atoms with Crippen LogP contribution in [0.15, 0.2) is 0 Å². The molecule has 0 aromatic carbocycles. The highest BCUT2D eigenvalue weighted by molar-refractivity contribution is 5.80. The highest BCUT2D eigenvalue weighted by Crippen LogP contribution is 2.14. The molecule has 0 saturated heterocycles. The molecule has 5 heteroatoms. The number of carboxylic acid groups (broad SMARTS) is 1. The molecular weight excluding hydrogens is 256 g/mol. The Morgan fingerprint density at radius 2 is 1.85 bits per heavy atom. The summed E-state index contributed by atoms with van der Waals surface area (Å²) in [6.07, 6.45) is 4.43. The summed E-state index contributed by atoms with van der Waals surface area (Å²) < 4.78 is 0. The number of unbranched alkanes of at least 4 members (excludes halogenated alkanes) is 1. The Bertz CT molecular complexity index is 311. The van der Waals surface area contributed by atoms with Gasteiger partial charge in [0.15, 0.2) is 0 Å². The molecule has 0 aromatic heterocycles. The first-order valence-corrected chi connectivity index (χ1v) is 7.49. The van der Waals surface area contributed by atoms with Gasteiger partial charge in [-0.1, -0.05) is 33.1 Å². The first-order chi connectivity index (χ1) is 9.22. The van der Waals surface area contributed by atoms with E-state index in [4.69, 9.17) is 5.11 Å². The molecule has 2 amide bonds. The maximum Gasteiger partial charge on any atom is 0.323 e. The van der Waals surface area contributed by atoms with Crippen LogP contribution in [0.1, 0.15) is 60.3 Å². The van der Waals surface area contributed by atoms with Crippen molar-refractivity contribution >= 4 is 12.0 Å². The van der Waals surface area contributed by atoms with Gasteiger partial charge in [-0.25, -0.2) is 4.79 Å². The van der Waals surface area contributed by atoms with Crippen molar-refractivity contribution in [2.75, 3.05) is 13.1 Å². The topological polar surface area (TPSA) is 69.6 Å². The van der Waals surface area contributed by atoms with E-state index in [1.807, 2.05) is 20.8 Å². The average Bonchev–Trinajstić information content (AvgIpc) is 2.34. The zero-order chi connectivity index (χ0) is 15.8. The van der Waals surface area contributed by atoms with Crippen molar-refractivity contribution in [1.82, 2.24) is 10.2 Å². The Morgan fingerprint density at radius 3 is 2.25 bits per heavy atom. The number of rotatable bonds is 8. The third kappa shape index (κ3) is 7.36. The van der Waals surface area contributed by atoms with E-state index < -0.39 is 11.5 Å². The van der Waals surface area contributed by atoms with Crippen LogP contribution in [0, 0.1) is 5.92 Å². The van der Waals surface area contributed by atoms with Crippen LogP contribution in [0.2, 0.25) is 0 Å². The van der Waals surface area contributed by atoms with Crippen molar-refractivity contribution in [2.24, 2.45) is 5.92 Å². The molecule has 0 bridgehead atoms. The number of urea groups is 1. The molecule has 0 heterocycles. The van der Waals surface area contributed by atoms with Crippen LogP contribution in [-0.2, 0) is 4.79 Å². The van der Waals surface area contributed by atoms with Gasteiger partial charge < -0.3 is 15.3 Å². The maximum atomic E-state index is 12.2. The quantitative estimate of drug-likeness (QED) is 0.720. The van der Waals surface area contributed by atoms with E-state index in [0.29, 0.717) is 12.5 Å². The van der Waals surface area contributed by atoms with Crippen LogP contribution in [0.5, 0.6) is 0 Å². The molecule has 5 nitrogen and oxygen atoms in total. The molecule has 0 aliphatic carbocycles. The zero-order valence-electron chi connectivity index (χ0n) is 13.5. The Labute approximate surface area is 122 Å². The number of aliphatic carboxylic acids is 1. The molecule has 2 N–H and O–H groups in total. The number of nitrogens with one attached hydrogen (secondary N) is 1. The van der Waals surface area contributed by atoms with Crippen LogP contribution in [0.25, 0.3) is 0 Å². The molecule has 1 atom stereocenters. The molecule has 0 fully saturated rings. The fourth-order valence-corrected chi connectivity index (χ4v) is 2.02. The normalized spacial score (nSPS) is 12.8. The lowest BCUT2D eigenvalue weighted by atomic mass is 9.99. The number of nitrogens with zero attached hydrogens (tertiary/aromatic N) is 1. The second-order valence-corrected chi connectivity index (χ2v) is 6.25. The van der Waals surface area contributed by atoms with Crippen molar-refractivity contribution in [2.45, 2.75) is 65.8 Å². The number of carbonyl (C=O) groups is 2. The van der Waals surface area contributed by atoms with Crippen molar-refractivity contribution in [3.05, 3.63) is 0 Å². The summed E-state index contributed by atoms with van der Waals surface area (Å²) in [7, 11) is 0. The van der Waals surface area contributed by atoms with Gasteiger partial charge in [0, 0.05) is 12.1 Å². The Balaban J connectivity index is 4.49. The van der Waals surface area contributed by atoms with Crippen molar-refractivity contribution in [3.8, 4) is 0 Å². The molecule has 1 unspecified atom stereocenters. The minimum Gasteiger partial charge on any atom is -0.480 e. The van der Waals surface area contributed by atoms with Crippen LogP contribution in [0.3, 0.4) is 0 Å². The molecule has 0 aliphatic heterocycles. The molecular formula is C15H30N2O3. The van der Waals surface area contributed by atoms with Crippen LogP contribution in [-0.4, -0.2) is 40.6 Å². The number of hydrogen-bond acceptors (Lipinski definition) is 2. The summed E-state index contributed by atoms with van der Waals surface area (Å²) in [5, 5.41) is 11.8. The molecule has 118 valence electrons. The third-order valence-corrected chi connectivity index (χ3v) is 3.43. The van der Waals surface area contributed by atoms with E-state index in [-0.39, 0.29) is 12.6 Å². The SMILES string of the molecule is CCCCC(CC)CNC(=O)N(CC(=O)O)C(C)(C)C. The van der Waals surface area contributed by atoms with Crippen LogP contribution in [0.4, 0.5) is 4.79 Å². The lowest BCUT2D eigenvalue weighted by molar-refractivity contribution is -0.138. The number of carboxylic acids is 1. The zero-order valence-corrected chi connectivity index (χ0v) is 13.5. The van der Waals surface area contributed by atoms with E-state index in [9.17, 15) is 9.59 Å². The van der Waals surface area contributed by atoms with E-state index in [2.05, 4.69) is 19.2 Å². The fraction of sp³-hybridized carbons (Fsp3) is 0.867. The second kappa shape index (κ2) is 8.82. The molecule has 0 aromatic rings. The monoisotopic (exact) mass is 286 g/mol. The fourth-order valence-electron chi connectivity index (χ4n) is 2.02. The molecule has 0 spiro atoms. The predicted molar refractivity (Wildman–Crippen MR) is 80.8 cm³/mol. The number of amides is 2. The third-order valence-electron chi connectivity index (χ3n) is 3.43. The van der Waals surface area contributed by atoms with Gasteiger partial charge >= 0.3 is 12.0 Å². The largest absolute Gasteiger partial charge is 0.480 e. The van der Waals surface area contributed by atoms with Crippen LogP contribution >= 0.6 is 0 Å². The van der Waals surface area contributed by atoms with E-state index in [1.54, 1.807) is 0 Å². The highest BCUT2D eigenvalue weighted by Gasteiger charge is 2.28. The van der Waals surface area contributed by atoms with Gasteiger partial charge in [0.1, 0.15) is 6.54 Å². The van der Waals surface area contributed by atoms with Crippen molar-refractivity contribution in [3.63, 3.8) is 0 Å². The smallest absolute Gasteiger partial charge is 0.323 e. The minimum absolute atomic E-state index is 0.277. The summed E-state index contributed by atoms with van der Waals surface area (Å²) in [6, 6.07) is -0.296. The first kappa shape index (κ1) is 18.7.